The average molecular weight is 297 g/mol. The Bertz CT molecular complexity index is 491. The Hall–Kier alpha value is -1.20. The van der Waals surface area contributed by atoms with Crippen molar-refractivity contribution in [2.75, 3.05) is 6.61 Å². The molecule has 2 unspecified atom stereocenters. The van der Waals surface area contributed by atoms with Gasteiger partial charge in [-0.15, -0.1) is 0 Å². The van der Waals surface area contributed by atoms with E-state index in [1.165, 1.54) is 6.42 Å². The van der Waals surface area contributed by atoms with Crippen LogP contribution in [-0.2, 0) is 4.74 Å². The van der Waals surface area contributed by atoms with Crippen molar-refractivity contribution in [3.63, 3.8) is 0 Å². The second-order valence-corrected chi connectivity index (χ2v) is 6.08. The summed E-state index contributed by atoms with van der Waals surface area (Å²) in [7, 11) is 0. The van der Waals surface area contributed by atoms with Crippen LogP contribution >= 0.6 is 0 Å². The number of nitrogens with two attached hydrogens (primary N) is 1. The molecule has 1 saturated heterocycles. The summed E-state index contributed by atoms with van der Waals surface area (Å²) in [5.41, 5.74) is 7.03. The number of hydrogen-bond donors (Lipinski definition) is 1. The molecule has 1 aromatic rings. The highest BCUT2D eigenvalue weighted by molar-refractivity contribution is 5.36. The monoisotopic (exact) mass is 297 g/mol. The summed E-state index contributed by atoms with van der Waals surface area (Å²) in [6.45, 7) is -2.12. The van der Waals surface area contributed by atoms with Crippen LogP contribution in [0.3, 0.4) is 0 Å². The summed E-state index contributed by atoms with van der Waals surface area (Å²) in [4.78, 5) is 0. The number of hydrogen-bond acceptors (Lipinski definition) is 3. The van der Waals surface area contributed by atoms with Gasteiger partial charge in [-0.05, 0) is 44.1 Å². The van der Waals surface area contributed by atoms with Gasteiger partial charge in [0.15, 0.2) is 0 Å². The van der Waals surface area contributed by atoms with E-state index in [-0.39, 0.29) is 23.3 Å². The lowest BCUT2D eigenvalue weighted by molar-refractivity contribution is -0.146. The topological polar surface area (TPSA) is 44.5 Å². The number of para-hydroxylation sites is 1. The second kappa shape index (κ2) is 5.89. The molecule has 0 aromatic heterocycles. The predicted molar refractivity (Wildman–Crippen MR) is 75.3 cm³/mol. The van der Waals surface area contributed by atoms with E-state index in [0.717, 1.165) is 25.7 Å². The quantitative estimate of drug-likeness (QED) is 0.923. The van der Waals surface area contributed by atoms with Crippen LogP contribution in [0, 0.1) is 5.92 Å². The minimum Gasteiger partial charge on any atom is -0.434 e. The first-order chi connectivity index (χ1) is 10.1. The van der Waals surface area contributed by atoms with Gasteiger partial charge in [0.1, 0.15) is 5.75 Å². The van der Waals surface area contributed by atoms with Gasteiger partial charge >= 0.3 is 6.61 Å². The molecule has 2 atom stereocenters. The van der Waals surface area contributed by atoms with Crippen molar-refractivity contribution in [2.45, 2.75) is 50.4 Å². The maximum atomic E-state index is 12.5. The van der Waals surface area contributed by atoms with Crippen LogP contribution in [0.5, 0.6) is 5.75 Å². The lowest BCUT2D eigenvalue weighted by atomic mass is 9.70. The highest BCUT2D eigenvalue weighted by Gasteiger charge is 2.44. The van der Waals surface area contributed by atoms with Crippen LogP contribution in [-0.4, -0.2) is 18.8 Å². The third-order valence-electron chi connectivity index (χ3n) is 4.80. The zero-order valence-electron chi connectivity index (χ0n) is 11.9. The van der Waals surface area contributed by atoms with Gasteiger partial charge in [-0.3, -0.25) is 0 Å². The number of alkyl halides is 2. The van der Waals surface area contributed by atoms with Crippen LogP contribution in [0.1, 0.15) is 43.7 Å². The molecule has 3 nitrogen and oxygen atoms in total. The van der Waals surface area contributed by atoms with Crippen molar-refractivity contribution in [1.82, 2.24) is 0 Å². The molecule has 1 aliphatic heterocycles. The lowest BCUT2D eigenvalue weighted by Crippen LogP contribution is -2.47. The fourth-order valence-electron chi connectivity index (χ4n) is 3.50. The maximum absolute atomic E-state index is 12.5. The predicted octanol–water partition coefficient (Wildman–Crippen LogP) is 3.64. The third-order valence-corrected chi connectivity index (χ3v) is 4.80. The summed E-state index contributed by atoms with van der Waals surface area (Å²) < 4.78 is 35.5. The molecule has 1 heterocycles. The maximum Gasteiger partial charge on any atom is 0.387 e. The van der Waals surface area contributed by atoms with Gasteiger partial charge in [0.05, 0.1) is 5.60 Å². The molecule has 2 N–H and O–H groups in total. The van der Waals surface area contributed by atoms with E-state index in [4.69, 9.17) is 10.5 Å². The van der Waals surface area contributed by atoms with E-state index >= 15 is 0 Å². The Labute approximate surface area is 123 Å². The van der Waals surface area contributed by atoms with Crippen LogP contribution in [0.2, 0.25) is 0 Å². The summed E-state index contributed by atoms with van der Waals surface area (Å²) in [5, 5.41) is 0. The largest absolute Gasteiger partial charge is 0.434 e. The summed E-state index contributed by atoms with van der Waals surface area (Å²) in [6.07, 6.45) is 5.16. The molecule has 1 aliphatic carbocycles. The van der Waals surface area contributed by atoms with Crippen molar-refractivity contribution in [1.29, 1.82) is 0 Å². The van der Waals surface area contributed by atoms with Gasteiger partial charge in [-0.2, -0.15) is 8.78 Å². The van der Waals surface area contributed by atoms with Gasteiger partial charge in [0, 0.05) is 18.2 Å². The fraction of sp³-hybridized carbons (Fsp3) is 0.625. The first kappa shape index (κ1) is 14.7. The second-order valence-electron chi connectivity index (χ2n) is 6.08. The number of ether oxygens (including phenoxy) is 2. The molecular weight excluding hydrogens is 276 g/mol. The first-order valence-corrected chi connectivity index (χ1v) is 7.53. The highest BCUT2D eigenvalue weighted by Crippen LogP contribution is 2.47. The van der Waals surface area contributed by atoms with Crippen molar-refractivity contribution < 1.29 is 18.3 Å². The molecule has 0 amide bonds. The molecule has 2 fully saturated rings. The van der Waals surface area contributed by atoms with E-state index in [0.29, 0.717) is 12.2 Å². The van der Waals surface area contributed by atoms with E-state index in [9.17, 15) is 8.78 Å². The molecule has 1 spiro atoms. The number of rotatable bonds is 4. The fourth-order valence-corrected chi connectivity index (χ4v) is 3.50. The molecule has 116 valence electrons. The number of benzene rings is 1. The van der Waals surface area contributed by atoms with Gasteiger partial charge in [0.2, 0.25) is 0 Å². The normalized spacial score (nSPS) is 25.6. The van der Waals surface area contributed by atoms with Crippen molar-refractivity contribution in [2.24, 2.45) is 11.7 Å². The van der Waals surface area contributed by atoms with Crippen LogP contribution in [0.4, 0.5) is 8.78 Å². The van der Waals surface area contributed by atoms with E-state index in [1.807, 2.05) is 6.07 Å². The highest BCUT2D eigenvalue weighted by atomic mass is 19.3. The molecule has 0 radical (unpaired) electrons. The molecule has 5 heteroatoms. The smallest absolute Gasteiger partial charge is 0.387 e. The van der Waals surface area contributed by atoms with Gasteiger partial charge < -0.3 is 15.2 Å². The standard InChI is InChI=1S/C16H21F2NO2/c17-15(18)21-13-5-2-1-4-12(13)14(19)11-6-9-20-16(10-11)7-3-8-16/h1-2,4-5,11,14-15H,3,6-10,19H2. The average Bonchev–Trinajstić information content (AvgIpc) is 2.45. The Morgan fingerprint density at radius 3 is 2.71 bits per heavy atom. The summed E-state index contributed by atoms with van der Waals surface area (Å²) >= 11 is 0. The summed E-state index contributed by atoms with van der Waals surface area (Å²) in [5.74, 6) is 0.440. The van der Waals surface area contributed by atoms with Crippen molar-refractivity contribution in [3.8, 4) is 5.75 Å². The van der Waals surface area contributed by atoms with Gasteiger partial charge in [-0.25, -0.2) is 0 Å². The van der Waals surface area contributed by atoms with Crippen molar-refractivity contribution in [3.05, 3.63) is 29.8 Å². The molecule has 1 aromatic carbocycles. The molecule has 1 saturated carbocycles. The first-order valence-electron chi connectivity index (χ1n) is 7.53. The van der Waals surface area contributed by atoms with E-state index < -0.39 is 6.61 Å². The van der Waals surface area contributed by atoms with Crippen molar-refractivity contribution >= 4 is 0 Å². The van der Waals surface area contributed by atoms with Gasteiger partial charge in [-0.1, -0.05) is 18.2 Å². The van der Waals surface area contributed by atoms with Crippen LogP contribution < -0.4 is 10.5 Å². The minimum atomic E-state index is -2.83. The van der Waals surface area contributed by atoms with Crippen LogP contribution in [0.25, 0.3) is 0 Å². The Kier molecular flexibility index (Phi) is 4.13. The van der Waals surface area contributed by atoms with E-state index in [1.54, 1.807) is 18.2 Å². The zero-order chi connectivity index (χ0) is 14.9. The Morgan fingerprint density at radius 1 is 1.29 bits per heavy atom. The third kappa shape index (κ3) is 3.04. The zero-order valence-corrected chi connectivity index (χ0v) is 11.9. The Balaban J connectivity index is 1.76. The van der Waals surface area contributed by atoms with Gasteiger partial charge in [0.25, 0.3) is 0 Å². The minimum absolute atomic E-state index is 0.000940. The Morgan fingerprint density at radius 2 is 2.05 bits per heavy atom. The molecule has 2 aliphatic rings. The SMILES string of the molecule is NC(c1ccccc1OC(F)F)C1CCOC2(CCC2)C1. The van der Waals surface area contributed by atoms with Crippen LogP contribution in [0.15, 0.2) is 24.3 Å². The molecule has 21 heavy (non-hydrogen) atoms. The lowest BCUT2D eigenvalue weighted by Gasteiger charge is -2.48. The molecular formula is C16H21F2NO2. The number of halogens is 2. The van der Waals surface area contributed by atoms with E-state index in [2.05, 4.69) is 4.74 Å². The summed E-state index contributed by atoms with van der Waals surface area (Å²) in [6, 6.07) is 6.55. The molecule has 3 rings (SSSR count). The molecule has 0 bridgehead atoms.